The molecule has 1 fully saturated rings. The van der Waals surface area contributed by atoms with Gasteiger partial charge in [-0.05, 0) is 45.3 Å². The zero-order valence-corrected chi connectivity index (χ0v) is 9.34. The van der Waals surface area contributed by atoms with E-state index in [0.717, 1.165) is 12.5 Å². The van der Waals surface area contributed by atoms with Crippen LogP contribution >= 0.6 is 0 Å². The topological polar surface area (TPSA) is 15.3 Å². The second kappa shape index (κ2) is 5.61. The Bertz CT molecular complexity index is 130. The van der Waals surface area contributed by atoms with Crippen molar-refractivity contribution in [1.82, 2.24) is 10.2 Å². The van der Waals surface area contributed by atoms with Gasteiger partial charge in [0.15, 0.2) is 0 Å². The zero-order valence-electron chi connectivity index (χ0n) is 9.34. The van der Waals surface area contributed by atoms with Crippen LogP contribution in [0.25, 0.3) is 0 Å². The van der Waals surface area contributed by atoms with Crippen LogP contribution in [0, 0.1) is 5.92 Å². The van der Waals surface area contributed by atoms with Crippen LogP contribution in [0.4, 0.5) is 0 Å². The SMILES string of the molecule is CC(C)NCCCN(C)CC1CC1. The van der Waals surface area contributed by atoms with Crippen LogP contribution in [-0.2, 0) is 0 Å². The number of nitrogens with zero attached hydrogens (tertiary/aromatic N) is 1. The highest BCUT2D eigenvalue weighted by Crippen LogP contribution is 2.29. The molecule has 0 aromatic carbocycles. The lowest BCUT2D eigenvalue weighted by molar-refractivity contribution is 0.312. The van der Waals surface area contributed by atoms with Gasteiger partial charge in [0.05, 0.1) is 0 Å². The summed E-state index contributed by atoms with van der Waals surface area (Å²) >= 11 is 0. The molecule has 0 aromatic heterocycles. The summed E-state index contributed by atoms with van der Waals surface area (Å²) in [5.74, 6) is 1.03. The van der Waals surface area contributed by atoms with E-state index in [-0.39, 0.29) is 0 Å². The van der Waals surface area contributed by atoms with Crippen LogP contribution in [0.15, 0.2) is 0 Å². The predicted octanol–water partition coefficient (Wildman–Crippen LogP) is 1.72. The molecule has 0 spiro atoms. The molecule has 2 nitrogen and oxygen atoms in total. The van der Waals surface area contributed by atoms with E-state index in [0.29, 0.717) is 6.04 Å². The third kappa shape index (κ3) is 6.05. The summed E-state index contributed by atoms with van der Waals surface area (Å²) in [5.41, 5.74) is 0. The first-order valence-electron chi connectivity index (χ1n) is 5.60. The first kappa shape index (κ1) is 11.0. The first-order valence-corrected chi connectivity index (χ1v) is 5.60. The average molecular weight is 184 g/mol. The average Bonchev–Trinajstić information content (AvgIpc) is 2.81. The number of rotatable bonds is 7. The maximum Gasteiger partial charge on any atom is 0.00103 e. The van der Waals surface area contributed by atoms with Gasteiger partial charge in [-0.2, -0.15) is 0 Å². The fraction of sp³-hybridized carbons (Fsp3) is 1.00. The third-order valence-electron chi connectivity index (χ3n) is 2.54. The highest BCUT2D eigenvalue weighted by Gasteiger charge is 2.22. The first-order chi connectivity index (χ1) is 6.18. The highest BCUT2D eigenvalue weighted by atomic mass is 15.1. The minimum absolute atomic E-state index is 0.633. The van der Waals surface area contributed by atoms with Crippen LogP contribution in [0.2, 0.25) is 0 Å². The van der Waals surface area contributed by atoms with Crippen molar-refractivity contribution >= 4 is 0 Å². The van der Waals surface area contributed by atoms with E-state index in [1.165, 1.54) is 32.4 Å². The minimum atomic E-state index is 0.633. The van der Waals surface area contributed by atoms with Crippen LogP contribution in [0.5, 0.6) is 0 Å². The summed E-state index contributed by atoms with van der Waals surface area (Å²) in [4.78, 5) is 2.47. The van der Waals surface area contributed by atoms with Crippen LogP contribution in [-0.4, -0.2) is 37.6 Å². The monoisotopic (exact) mass is 184 g/mol. The number of hydrogen-bond acceptors (Lipinski definition) is 2. The molecule has 2 heteroatoms. The van der Waals surface area contributed by atoms with Crippen LogP contribution < -0.4 is 5.32 Å². The van der Waals surface area contributed by atoms with Gasteiger partial charge in [0, 0.05) is 12.6 Å². The predicted molar refractivity (Wildman–Crippen MR) is 58.0 cm³/mol. The lowest BCUT2D eigenvalue weighted by atomic mass is 10.3. The standard InChI is InChI=1S/C11H24N2/c1-10(2)12-7-4-8-13(3)9-11-5-6-11/h10-12H,4-9H2,1-3H3. The van der Waals surface area contributed by atoms with E-state index in [2.05, 4.69) is 31.1 Å². The van der Waals surface area contributed by atoms with Gasteiger partial charge < -0.3 is 10.2 Å². The number of nitrogens with one attached hydrogen (secondary N) is 1. The Morgan fingerprint density at radius 1 is 1.38 bits per heavy atom. The lowest BCUT2D eigenvalue weighted by Gasteiger charge is -2.16. The summed E-state index contributed by atoms with van der Waals surface area (Å²) in [5, 5.41) is 3.44. The Hall–Kier alpha value is -0.0800. The van der Waals surface area contributed by atoms with Crippen molar-refractivity contribution < 1.29 is 0 Å². The van der Waals surface area contributed by atoms with Gasteiger partial charge in [0.2, 0.25) is 0 Å². The molecule has 0 amide bonds. The van der Waals surface area contributed by atoms with Crippen molar-refractivity contribution in [2.45, 2.75) is 39.2 Å². The molecule has 1 saturated carbocycles. The molecule has 78 valence electrons. The maximum absolute atomic E-state index is 3.44. The van der Waals surface area contributed by atoms with Crippen molar-refractivity contribution in [3.63, 3.8) is 0 Å². The van der Waals surface area contributed by atoms with E-state index in [1.54, 1.807) is 0 Å². The molecule has 13 heavy (non-hydrogen) atoms. The fourth-order valence-corrected chi connectivity index (χ4v) is 1.57. The minimum Gasteiger partial charge on any atom is -0.314 e. The van der Waals surface area contributed by atoms with Crippen molar-refractivity contribution in [2.75, 3.05) is 26.7 Å². The normalized spacial score (nSPS) is 17.3. The Kier molecular flexibility index (Phi) is 4.74. The molecule has 0 radical (unpaired) electrons. The summed E-state index contributed by atoms with van der Waals surface area (Å²) in [7, 11) is 2.24. The fourth-order valence-electron chi connectivity index (χ4n) is 1.57. The number of hydrogen-bond donors (Lipinski definition) is 1. The van der Waals surface area contributed by atoms with Crippen molar-refractivity contribution in [1.29, 1.82) is 0 Å². The molecule has 1 aliphatic rings. The molecule has 1 aliphatic carbocycles. The molecule has 0 atom stereocenters. The third-order valence-corrected chi connectivity index (χ3v) is 2.54. The van der Waals surface area contributed by atoms with Gasteiger partial charge in [-0.15, -0.1) is 0 Å². The molecule has 1 N–H and O–H groups in total. The molecule has 0 saturated heterocycles. The van der Waals surface area contributed by atoms with E-state index < -0.39 is 0 Å². The van der Waals surface area contributed by atoms with Gasteiger partial charge in [-0.3, -0.25) is 0 Å². The van der Waals surface area contributed by atoms with E-state index in [9.17, 15) is 0 Å². The zero-order chi connectivity index (χ0) is 9.68. The quantitative estimate of drug-likeness (QED) is 0.606. The summed E-state index contributed by atoms with van der Waals surface area (Å²) < 4.78 is 0. The van der Waals surface area contributed by atoms with Crippen molar-refractivity contribution in [2.24, 2.45) is 5.92 Å². The van der Waals surface area contributed by atoms with E-state index in [1.807, 2.05) is 0 Å². The summed E-state index contributed by atoms with van der Waals surface area (Å²) in [6.07, 6.45) is 4.21. The summed E-state index contributed by atoms with van der Waals surface area (Å²) in [6.45, 7) is 8.13. The lowest BCUT2D eigenvalue weighted by Crippen LogP contribution is -2.28. The largest absolute Gasteiger partial charge is 0.314 e. The van der Waals surface area contributed by atoms with Crippen LogP contribution in [0.1, 0.15) is 33.1 Å². The molecule has 0 unspecified atom stereocenters. The molecular weight excluding hydrogens is 160 g/mol. The van der Waals surface area contributed by atoms with Crippen LogP contribution in [0.3, 0.4) is 0 Å². The highest BCUT2D eigenvalue weighted by molar-refractivity contribution is 4.76. The Morgan fingerprint density at radius 2 is 2.08 bits per heavy atom. The van der Waals surface area contributed by atoms with Gasteiger partial charge >= 0.3 is 0 Å². The second-order valence-corrected chi connectivity index (χ2v) is 4.67. The van der Waals surface area contributed by atoms with Gasteiger partial charge in [-0.25, -0.2) is 0 Å². The van der Waals surface area contributed by atoms with Crippen molar-refractivity contribution in [3.05, 3.63) is 0 Å². The molecule has 0 heterocycles. The molecular formula is C11H24N2. The van der Waals surface area contributed by atoms with Crippen molar-refractivity contribution in [3.8, 4) is 0 Å². The Balaban J connectivity index is 1.85. The second-order valence-electron chi connectivity index (χ2n) is 4.67. The maximum atomic E-state index is 3.44. The van der Waals surface area contributed by atoms with Gasteiger partial charge in [0.1, 0.15) is 0 Å². The molecule has 0 aliphatic heterocycles. The van der Waals surface area contributed by atoms with Gasteiger partial charge in [-0.1, -0.05) is 13.8 Å². The smallest absolute Gasteiger partial charge is 0.00103 e. The molecule has 1 rings (SSSR count). The summed E-state index contributed by atoms with van der Waals surface area (Å²) in [6, 6.07) is 0.633. The Labute approximate surface area is 82.7 Å². The van der Waals surface area contributed by atoms with E-state index >= 15 is 0 Å². The molecule has 0 aromatic rings. The molecule has 0 bridgehead atoms. The van der Waals surface area contributed by atoms with Gasteiger partial charge in [0.25, 0.3) is 0 Å². The van der Waals surface area contributed by atoms with E-state index in [4.69, 9.17) is 0 Å². The Morgan fingerprint density at radius 3 is 2.62 bits per heavy atom.